The Labute approximate surface area is 151 Å². The fourth-order valence-electron chi connectivity index (χ4n) is 3.02. The lowest BCUT2D eigenvalue weighted by Gasteiger charge is -2.32. The van der Waals surface area contributed by atoms with Crippen LogP contribution in [-0.4, -0.2) is 41.5 Å². The number of aromatic nitrogens is 1. The van der Waals surface area contributed by atoms with E-state index in [9.17, 15) is 4.79 Å². The summed E-state index contributed by atoms with van der Waals surface area (Å²) in [4.78, 5) is 19.0. The van der Waals surface area contributed by atoms with Gasteiger partial charge in [-0.25, -0.2) is 0 Å². The zero-order valence-corrected chi connectivity index (χ0v) is 15.5. The molecule has 2 fully saturated rings. The predicted molar refractivity (Wildman–Crippen MR) is 97.9 cm³/mol. The van der Waals surface area contributed by atoms with Gasteiger partial charge in [0.15, 0.2) is 0 Å². The van der Waals surface area contributed by atoms with E-state index in [1.807, 2.05) is 30.9 Å². The van der Waals surface area contributed by atoms with Gasteiger partial charge in [0.25, 0.3) is 5.91 Å². The van der Waals surface area contributed by atoms with E-state index in [2.05, 4.69) is 10.3 Å². The van der Waals surface area contributed by atoms with Crippen LogP contribution in [-0.2, 0) is 0 Å². The molecule has 1 aromatic rings. The van der Waals surface area contributed by atoms with Crippen LogP contribution in [0.25, 0.3) is 0 Å². The highest BCUT2D eigenvalue weighted by Gasteiger charge is 2.26. The summed E-state index contributed by atoms with van der Waals surface area (Å²) < 4.78 is 0. The SMILES string of the molecule is Cc1ccc(C(=O)N2CCC(NCC3CC3)CC2)c(C)n1.Cl.Cl. The van der Waals surface area contributed by atoms with Crippen molar-refractivity contribution in [2.45, 2.75) is 45.6 Å². The molecule has 0 radical (unpaired) electrons. The Kier molecular flexibility index (Phi) is 7.78. The van der Waals surface area contributed by atoms with Crippen molar-refractivity contribution in [1.29, 1.82) is 0 Å². The summed E-state index contributed by atoms with van der Waals surface area (Å²) >= 11 is 0. The highest BCUT2D eigenvalue weighted by atomic mass is 35.5. The summed E-state index contributed by atoms with van der Waals surface area (Å²) in [6, 6.07) is 4.42. The first-order chi connectivity index (χ1) is 10.1. The van der Waals surface area contributed by atoms with Gasteiger partial charge in [0.1, 0.15) is 0 Å². The number of rotatable bonds is 4. The molecule has 1 aliphatic carbocycles. The van der Waals surface area contributed by atoms with Gasteiger partial charge in [0.2, 0.25) is 0 Å². The quantitative estimate of drug-likeness (QED) is 0.897. The Hall–Kier alpha value is -0.840. The minimum absolute atomic E-state index is 0. The van der Waals surface area contributed by atoms with E-state index >= 15 is 0 Å². The van der Waals surface area contributed by atoms with Crippen molar-refractivity contribution in [3.63, 3.8) is 0 Å². The van der Waals surface area contributed by atoms with Crippen molar-refractivity contribution in [2.24, 2.45) is 5.92 Å². The molecule has 130 valence electrons. The van der Waals surface area contributed by atoms with E-state index in [1.54, 1.807) is 0 Å². The number of amides is 1. The van der Waals surface area contributed by atoms with Crippen LogP contribution in [0.15, 0.2) is 12.1 Å². The van der Waals surface area contributed by atoms with Gasteiger partial charge in [-0.2, -0.15) is 0 Å². The van der Waals surface area contributed by atoms with Gasteiger partial charge in [-0.15, -0.1) is 24.8 Å². The lowest BCUT2D eigenvalue weighted by Crippen LogP contribution is -2.45. The van der Waals surface area contributed by atoms with Crippen molar-refractivity contribution >= 4 is 30.7 Å². The molecule has 6 heteroatoms. The molecule has 0 bridgehead atoms. The van der Waals surface area contributed by atoms with Crippen LogP contribution in [0.5, 0.6) is 0 Å². The summed E-state index contributed by atoms with van der Waals surface area (Å²) in [6.07, 6.45) is 4.92. The average Bonchev–Trinajstić information content (AvgIpc) is 3.29. The zero-order chi connectivity index (χ0) is 14.8. The molecule has 1 N–H and O–H groups in total. The van der Waals surface area contributed by atoms with E-state index < -0.39 is 0 Å². The van der Waals surface area contributed by atoms with Crippen LogP contribution < -0.4 is 5.32 Å². The molecule has 1 saturated heterocycles. The van der Waals surface area contributed by atoms with Crippen molar-refractivity contribution < 1.29 is 4.79 Å². The smallest absolute Gasteiger partial charge is 0.255 e. The number of aryl methyl sites for hydroxylation is 2. The molecule has 1 amide bonds. The van der Waals surface area contributed by atoms with Crippen LogP contribution in [0.4, 0.5) is 0 Å². The molecule has 1 aliphatic heterocycles. The number of likely N-dealkylation sites (tertiary alicyclic amines) is 1. The number of carbonyl (C=O) groups excluding carboxylic acids is 1. The third kappa shape index (κ3) is 5.33. The number of hydrogen-bond donors (Lipinski definition) is 1. The van der Waals surface area contributed by atoms with E-state index in [1.165, 1.54) is 19.4 Å². The summed E-state index contributed by atoms with van der Waals surface area (Å²) in [6.45, 7) is 6.75. The Balaban J connectivity index is 0.00000132. The van der Waals surface area contributed by atoms with Crippen LogP contribution in [0, 0.1) is 19.8 Å². The lowest BCUT2D eigenvalue weighted by molar-refractivity contribution is 0.0703. The van der Waals surface area contributed by atoms with Crippen molar-refractivity contribution in [3.8, 4) is 0 Å². The third-order valence-electron chi connectivity index (χ3n) is 4.63. The van der Waals surface area contributed by atoms with E-state index in [0.717, 1.165) is 48.8 Å². The minimum Gasteiger partial charge on any atom is -0.338 e. The maximum atomic E-state index is 12.6. The molecule has 2 heterocycles. The Bertz CT molecular complexity index is 527. The number of hydrogen-bond acceptors (Lipinski definition) is 3. The molecule has 0 unspecified atom stereocenters. The molecule has 1 aromatic heterocycles. The highest BCUT2D eigenvalue weighted by molar-refractivity contribution is 5.95. The molecule has 1 saturated carbocycles. The standard InChI is InChI=1S/C17H25N3O.2ClH/c1-12-3-6-16(13(2)19-12)17(21)20-9-7-15(8-10-20)18-11-14-4-5-14;;/h3,6,14-15,18H,4-5,7-11H2,1-2H3;2*1H. The third-order valence-corrected chi connectivity index (χ3v) is 4.63. The van der Waals surface area contributed by atoms with E-state index in [4.69, 9.17) is 0 Å². The van der Waals surface area contributed by atoms with Gasteiger partial charge in [-0.1, -0.05) is 0 Å². The summed E-state index contributed by atoms with van der Waals surface area (Å²) in [5.74, 6) is 1.06. The van der Waals surface area contributed by atoms with Crippen molar-refractivity contribution in [1.82, 2.24) is 15.2 Å². The predicted octanol–water partition coefficient (Wildman–Crippen LogP) is 3.15. The van der Waals surface area contributed by atoms with Crippen LogP contribution in [0.1, 0.15) is 47.4 Å². The Morgan fingerprint density at radius 1 is 1.17 bits per heavy atom. The number of pyridine rings is 1. The van der Waals surface area contributed by atoms with Crippen LogP contribution in [0.3, 0.4) is 0 Å². The van der Waals surface area contributed by atoms with Gasteiger partial charge >= 0.3 is 0 Å². The van der Waals surface area contributed by atoms with Gasteiger partial charge in [0, 0.05) is 24.8 Å². The van der Waals surface area contributed by atoms with Gasteiger partial charge in [-0.3, -0.25) is 9.78 Å². The minimum atomic E-state index is 0. The maximum absolute atomic E-state index is 12.6. The maximum Gasteiger partial charge on any atom is 0.255 e. The normalized spacial score (nSPS) is 18.1. The first-order valence-corrected chi connectivity index (χ1v) is 8.10. The second-order valence-corrected chi connectivity index (χ2v) is 6.50. The van der Waals surface area contributed by atoms with Crippen molar-refractivity contribution in [3.05, 3.63) is 29.1 Å². The first kappa shape index (κ1) is 20.2. The molecule has 0 aromatic carbocycles. The molecule has 0 spiro atoms. The second-order valence-electron chi connectivity index (χ2n) is 6.50. The first-order valence-electron chi connectivity index (χ1n) is 8.10. The number of halogens is 2. The van der Waals surface area contributed by atoms with Gasteiger partial charge in [0.05, 0.1) is 11.3 Å². The largest absolute Gasteiger partial charge is 0.338 e. The Morgan fingerprint density at radius 2 is 1.83 bits per heavy atom. The molecule has 0 atom stereocenters. The summed E-state index contributed by atoms with van der Waals surface area (Å²) in [5.41, 5.74) is 2.56. The number of piperidine rings is 1. The molecule has 23 heavy (non-hydrogen) atoms. The average molecular weight is 360 g/mol. The number of nitrogens with one attached hydrogen (secondary N) is 1. The summed E-state index contributed by atoms with van der Waals surface area (Å²) in [5, 5.41) is 3.65. The number of carbonyl (C=O) groups is 1. The van der Waals surface area contributed by atoms with Crippen molar-refractivity contribution in [2.75, 3.05) is 19.6 Å². The molecular formula is C17H27Cl2N3O. The molecule has 4 nitrogen and oxygen atoms in total. The van der Waals surface area contributed by atoms with Crippen LogP contribution in [0.2, 0.25) is 0 Å². The highest BCUT2D eigenvalue weighted by Crippen LogP contribution is 2.28. The fourth-order valence-corrected chi connectivity index (χ4v) is 3.02. The van der Waals surface area contributed by atoms with Gasteiger partial charge < -0.3 is 10.2 Å². The van der Waals surface area contributed by atoms with Gasteiger partial charge in [-0.05, 0) is 64.1 Å². The monoisotopic (exact) mass is 359 g/mol. The molecule has 3 rings (SSSR count). The second kappa shape index (κ2) is 8.86. The van der Waals surface area contributed by atoms with Crippen LogP contribution >= 0.6 is 24.8 Å². The Morgan fingerprint density at radius 3 is 2.39 bits per heavy atom. The lowest BCUT2D eigenvalue weighted by atomic mass is 10.0. The number of nitrogens with zero attached hydrogens (tertiary/aromatic N) is 2. The zero-order valence-electron chi connectivity index (χ0n) is 13.9. The summed E-state index contributed by atoms with van der Waals surface area (Å²) in [7, 11) is 0. The van der Waals surface area contributed by atoms with E-state index in [0.29, 0.717) is 6.04 Å². The fraction of sp³-hybridized carbons (Fsp3) is 0.647. The molecular weight excluding hydrogens is 333 g/mol. The topological polar surface area (TPSA) is 45.2 Å². The van der Waals surface area contributed by atoms with E-state index in [-0.39, 0.29) is 30.7 Å². The molecule has 2 aliphatic rings.